The van der Waals surface area contributed by atoms with Gasteiger partial charge in [0.2, 0.25) is 6.10 Å². The molecule has 1 unspecified atom stereocenters. The molecule has 0 aliphatic rings. The van der Waals surface area contributed by atoms with Crippen LogP contribution in [0.3, 0.4) is 0 Å². The average molecular weight is 420 g/mol. The second-order valence-corrected chi connectivity index (χ2v) is 7.36. The summed E-state index contributed by atoms with van der Waals surface area (Å²) in [5.41, 5.74) is 3.98. The third kappa shape index (κ3) is 5.82. The number of benzene rings is 3. The molecular weight excluding hydrogens is 398 g/mol. The number of anilines is 1. The number of halogens is 1. The van der Waals surface area contributed by atoms with E-state index in [1.165, 1.54) is 6.08 Å². The fourth-order valence-corrected chi connectivity index (χ4v) is 3.28. The van der Waals surface area contributed by atoms with Gasteiger partial charge in [-0.1, -0.05) is 66.2 Å². The van der Waals surface area contributed by atoms with Gasteiger partial charge in [0, 0.05) is 22.3 Å². The first-order chi connectivity index (χ1) is 14.4. The minimum absolute atomic E-state index is 0.425. The summed E-state index contributed by atoms with van der Waals surface area (Å²) in [6.45, 7) is 3.91. The van der Waals surface area contributed by atoms with Crippen LogP contribution in [0.15, 0.2) is 78.9 Å². The summed E-state index contributed by atoms with van der Waals surface area (Å²) in [7, 11) is 0. The highest BCUT2D eigenvalue weighted by Gasteiger charge is 2.24. The van der Waals surface area contributed by atoms with Gasteiger partial charge in [0.15, 0.2) is 0 Å². The SMILES string of the molecule is Cc1cc(C)cc(NC(=O)C(OC(=O)C=Cc2ccccc2Cl)c2ccccc2)c1. The Balaban J connectivity index is 1.79. The molecule has 0 spiro atoms. The van der Waals surface area contributed by atoms with E-state index in [0.717, 1.165) is 11.1 Å². The number of amides is 1. The van der Waals surface area contributed by atoms with E-state index in [0.29, 0.717) is 21.8 Å². The van der Waals surface area contributed by atoms with Crippen molar-refractivity contribution in [1.82, 2.24) is 0 Å². The predicted octanol–water partition coefficient (Wildman–Crippen LogP) is 5.89. The molecular formula is C25H22ClNO3. The van der Waals surface area contributed by atoms with Crippen LogP contribution < -0.4 is 5.32 Å². The molecule has 0 aliphatic carbocycles. The number of nitrogens with one attached hydrogen (secondary N) is 1. The van der Waals surface area contributed by atoms with Gasteiger partial charge in [-0.2, -0.15) is 0 Å². The molecule has 0 bridgehead atoms. The molecule has 0 heterocycles. The Morgan fingerprint density at radius 1 is 0.933 bits per heavy atom. The second-order valence-electron chi connectivity index (χ2n) is 6.95. The van der Waals surface area contributed by atoms with E-state index in [1.807, 2.05) is 44.2 Å². The van der Waals surface area contributed by atoms with Gasteiger partial charge in [0.25, 0.3) is 5.91 Å². The number of carbonyl (C=O) groups is 2. The molecule has 5 heteroatoms. The maximum Gasteiger partial charge on any atom is 0.331 e. The first-order valence-corrected chi connectivity index (χ1v) is 9.87. The topological polar surface area (TPSA) is 55.4 Å². The van der Waals surface area contributed by atoms with Crippen molar-refractivity contribution in [2.24, 2.45) is 0 Å². The molecule has 0 saturated carbocycles. The lowest BCUT2D eigenvalue weighted by atomic mass is 10.1. The molecule has 1 N–H and O–H groups in total. The summed E-state index contributed by atoms with van der Waals surface area (Å²) in [6, 6.07) is 21.8. The Morgan fingerprint density at radius 3 is 2.23 bits per heavy atom. The summed E-state index contributed by atoms with van der Waals surface area (Å²) < 4.78 is 5.51. The van der Waals surface area contributed by atoms with E-state index >= 15 is 0 Å². The molecule has 0 saturated heterocycles. The number of aryl methyl sites for hydroxylation is 2. The Morgan fingerprint density at radius 2 is 1.57 bits per heavy atom. The lowest BCUT2D eigenvalue weighted by Crippen LogP contribution is -2.25. The van der Waals surface area contributed by atoms with E-state index in [4.69, 9.17) is 16.3 Å². The molecule has 1 amide bonds. The molecule has 0 fully saturated rings. The molecule has 1 atom stereocenters. The summed E-state index contributed by atoms with van der Waals surface area (Å²) in [5, 5.41) is 3.37. The number of rotatable bonds is 6. The molecule has 0 aromatic heterocycles. The van der Waals surface area contributed by atoms with Crippen LogP contribution in [0.25, 0.3) is 6.08 Å². The van der Waals surface area contributed by atoms with E-state index < -0.39 is 18.0 Å². The zero-order valence-corrected chi connectivity index (χ0v) is 17.5. The first-order valence-electron chi connectivity index (χ1n) is 9.50. The van der Waals surface area contributed by atoms with E-state index in [9.17, 15) is 9.59 Å². The van der Waals surface area contributed by atoms with Crippen molar-refractivity contribution >= 4 is 35.2 Å². The van der Waals surface area contributed by atoms with E-state index in [2.05, 4.69) is 5.32 Å². The molecule has 0 aliphatic heterocycles. The molecule has 30 heavy (non-hydrogen) atoms. The van der Waals surface area contributed by atoms with E-state index in [-0.39, 0.29) is 0 Å². The summed E-state index contributed by atoms with van der Waals surface area (Å²) in [5.74, 6) is -1.06. The largest absolute Gasteiger partial charge is 0.444 e. The predicted molar refractivity (Wildman–Crippen MR) is 120 cm³/mol. The Hall–Kier alpha value is -3.37. The Kier molecular flexibility index (Phi) is 7.04. The van der Waals surface area contributed by atoms with Crippen molar-refractivity contribution in [2.75, 3.05) is 5.32 Å². The summed E-state index contributed by atoms with van der Waals surface area (Å²) in [4.78, 5) is 25.4. The van der Waals surface area contributed by atoms with Crippen LogP contribution in [0, 0.1) is 13.8 Å². The normalized spacial score (nSPS) is 11.8. The zero-order chi connectivity index (χ0) is 21.5. The van der Waals surface area contributed by atoms with Gasteiger partial charge in [-0.05, 0) is 54.8 Å². The smallest absolute Gasteiger partial charge is 0.331 e. The van der Waals surface area contributed by atoms with Crippen molar-refractivity contribution < 1.29 is 14.3 Å². The maximum atomic E-state index is 13.0. The highest BCUT2D eigenvalue weighted by molar-refractivity contribution is 6.32. The Labute approximate surface area is 181 Å². The fourth-order valence-electron chi connectivity index (χ4n) is 3.08. The highest BCUT2D eigenvalue weighted by atomic mass is 35.5. The van der Waals surface area contributed by atoms with Crippen molar-refractivity contribution in [2.45, 2.75) is 20.0 Å². The van der Waals surface area contributed by atoms with Gasteiger partial charge in [0.05, 0.1) is 0 Å². The van der Waals surface area contributed by atoms with Gasteiger partial charge in [-0.15, -0.1) is 0 Å². The molecule has 0 radical (unpaired) electrons. The van der Waals surface area contributed by atoms with E-state index in [1.54, 1.807) is 48.5 Å². The second kappa shape index (κ2) is 9.90. The number of carbonyl (C=O) groups excluding carboxylic acids is 2. The molecule has 3 aromatic carbocycles. The van der Waals surface area contributed by atoms with Crippen molar-refractivity contribution in [3.05, 3.63) is 106 Å². The third-order valence-corrected chi connectivity index (χ3v) is 4.71. The monoisotopic (exact) mass is 419 g/mol. The van der Waals surface area contributed by atoms with Crippen molar-refractivity contribution in [1.29, 1.82) is 0 Å². The quantitative estimate of drug-likeness (QED) is 0.400. The van der Waals surface area contributed by atoms with Crippen LogP contribution in [-0.2, 0) is 14.3 Å². The minimum atomic E-state index is -1.09. The lowest BCUT2D eigenvalue weighted by Gasteiger charge is -2.18. The van der Waals surface area contributed by atoms with Crippen LogP contribution in [-0.4, -0.2) is 11.9 Å². The molecule has 152 valence electrons. The number of esters is 1. The van der Waals surface area contributed by atoms with Crippen LogP contribution in [0.1, 0.15) is 28.4 Å². The Bertz CT molecular complexity index is 1060. The molecule has 4 nitrogen and oxygen atoms in total. The minimum Gasteiger partial charge on any atom is -0.444 e. The third-order valence-electron chi connectivity index (χ3n) is 4.37. The first kappa shape index (κ1) is 21.3. The molecule has 3 rings (SSSR count). The number of ether oxygens (including phenoxy) is 1. The van der Waals surface area contributed by atoms with Crippen LogP contribution in [0.2, 0.25) is 5.02 Å². The summed E-state index contributed by atoms with van der Waals surface area (Å²) in [6.07, 6.45) is 1.74. The van der Waals surface area contributed by atoms with Gasteiger partial charge in [-0.25, -0.2) is 4.79 Å². The van der Waals surface area contributed by atoms with Crippen LogP contribution in [0.5, 0.6) is 0 Å². The van der Waals surface area contributed by atoms with Crippen molar-refractivity contribution in [3.8, 4) is 0 Å². The fraction of sp³-hybridized carbons (Fsp3) is 0.120. The number of hydrogen-bond acceptors (Lipinski definition) is 3. The molecule has 3 aromatic rings. The lowest BCUT2D eigenvalue weighted by molar-refractivity contribution is -0.149. The van der Waals surface area contributed by atoms with Crippen molar-refractivity contribution in [3.63, 3.8) is 0 Å². The van der Waals surface area contributed by atoms with Gasteiger partial charge >= 0.3 is 5.97 Å². The number of hydrogen-bond donors (Lipinski definition) is 1. The maximum absolute atomic E-state index is 13.0. The highest BCUT2D eigenvalue weighted by Crippen LogP contribution is 2.22. The standard InChI is InChI=1S/C25H22ClNO3/c1-17-14-18(2)16-21(15-17)27-25(29)24(20-9-4-3-5-10-20)30-23(28)13-12-19-8-6-7-11-22(19)26/h3-16,24H,1-2H3,(H,27,29). The van der Waals surface area contributed by atoms with Gasteiger partial charge < -0.3 is 10.1 Å². The van der Waals surface area contributed by atoms with Crippen LogP contribution in [0.4, 0.5) is 5.69 Å². The van der Waals surface area contributed by atoms with Gasteiger partial charge in [-0.3, -0.25) is 4.79 Å². The summed E-state index contributed by atoms with van der Waals surface area (Å²) >= 11 is 6.11. The zero-order valence-electron chi connectivity index (χ0n) is 16.8. The van der Waals surface area contributed by atoms with Gasteiger partial charge in [0.1, 0.15) is 0 Å². The van der Waals surface area contributed by atoms with Crippen LogP contribution >= 0.6 is 11.6 Å². The average Bonchev–Trinajstić information content (AvgIpc) is 2.71.